The molecule has 28 heavy (non-hydrogen) atoms. The highest BCUT2D eigenvalue weighted by Crippen LogP contribution is 2.31. The largest absolute Gasteiger partial charge is 0.497 e. The van der Waals surface area contributed by atoms with Gasteiger partial charge in [0, 0.05) is 10.3 Å². The Morgan fingerprint density at radius 3 is 2.71 bits per heavy atom. The van der Waals surface area contributed by atoms with E-state index < -0.39 is 11.5 Å². The van der Waals surface area contributed by atoms with E-state index in [0.29, 0.717) is 26.4 Å². The molecule has 0 bridgehead atoms. The summed E-state index contributed by atoms with van der Waals surface area (Å²) in [5, 5.41) is 11.7. The molecule has 1 atom stereocenters. The summed E-state index contributed by atoms with van der Waals surface area (Å²) in [4.78, 5) is 33.6. The van der Waals surface area contributed by atoms with E-state index in [2.05, 4.69) is 9.97 Å². The number of nitrogens with two attached hydrogens (primary N) is 1. The van der Waals surface area contributed by atoms with Gasteiger partial charge in [0.1, 0.15) is 16.6 Å². The molecule has 146 valence electrons. The van der Waals surface area contributed by atoms with Crippen molar-refractivity contribution < 1.29 is 19.4 Å². The van der Waals surface area contributed by atoms with Crippen LogP contribution in [0.25, 0.3) is 10.9 Å². The van der Waals surface area contributed by atoms with Crippen LogP contribution in [0.2, 0.25) is 0 Å². The smallest absolute Gasteiger partial charge is 0.254 e. The van der Waals surface area contributed by atoms with Crippen LogP contribution in [0.5, 0.6) is 5.75 Å². The van der Waals surface area contributed by atoms with Gasteiger partial charge in [0.2, 0.25) is 0 Å². The van der Waals surface area contributed by atoms with Crippen LogP contribution in [-0.2, 0) is 10.4 Å². The summed E-state index contributed by atoms with van der Waals surface area (Å²) in [6.07, 6.45) is 0. The number of thiophene rings is 1. The topological polar surface area (TPSA) is 115 Å². The summed E-state index contributed by atoms with van der Waals surface area (Å²) >= 11 is 2.36. The monoisotopic (exact) mass is 417 g/mol. The summed E-state index contributed by atoms with van der Waals surface area (Å²) in [5.74, 6) is 0.461. The van der Waals surface area contributed by atoms with Gasteiger partial charge in [-0.15, -0.1) is 11.3 Å². The number of aryl methyl sites for hydroxylation is 1. The highest BCUT2D eigenvalue weighted by atomic mass is 32.2. The third kappa shape index (κ3) is 4.01. The van der Waals surface area contributed by atoms with Crippen LogP contribution in [-0.4, -0.2) is 39.6 Å². The van der Waals surface area contributed by atoms with Crippen LogP contribution < -0.4 is 10.5 Å². The van der Waals surface area contributed by atoms with E-state index in [0.717, 1.165) is 22.2 Å². The highest BCUT2D eigenvalue weighted by Gasteiger charge is 2.32. The first kappa shape index (κ1) is 20.2. The minimum absolute atomic E-state index is 0.131. The van der Waals surface area contributed by atoms with Gasteiger partial charge >= 0.3 is 0 Å². The molecular weight excluding hydrogens is 398 g/mol. The van der Waals surface area contributed by atoms with E-state index in [-0.39, 0.29) is 11.5 Å². The molecule has 0 radical (unpaired) electrons. The van der Waals surface area contributed by atoms with Crippen molar-refractivity contribution in [1.29, 1.82) is 0 Å². The molecule has 0 fully saturated rings. The zero-order valence-corrected chi connectivity index (χ0v) is 17.2. The number of carbonyl (C=O) groups excluding carboxylic acids is 2. The molecule has 0 aliphatic rings. The first-order valence-corrected chi connectivity index (χ1v) is 10.1. The van der Waals surface area contributed by atoms with Crippen LogP contribution in [0, 0.1) is 6.92 Å². The second kappa shape index (κ2) is 7.86. The molecule has 0 saturated heterocycles. The average molecular weight is 418 g/mol. The summed E-state index contributed by atoms with van der Waals surface area (Å²) < 4.78 is 5.26. The number of ether oxygens (including phenoxy) is 1. The Hall–Kier alpha value is -2.49. The SMILES string of the molecule is COc1ccc2nc(C)nc(SCC(=O)c3ccc([C@](C)(O)C(N)=O)s3)c2c1. The van der Waals surface area contributed by atoms with E-state index >= 15 is 0 Å². The van der Waals surface area contributed by atoms with Crippen LogP contribution in [0.4, 0.5) is 0 Å². The molecule has 0 aliphatic heterocycles. The highest BCUT2D eigenvalue weighted by molar-refractivity contribution is 8.00. The van der Waals surface area contributed by atoms with E-state index in [9.17, 15) is 14.7 Å². The summed E-state index contributed by atoms with van der Waals surface area (Å²) in [6.45, 7) is 3.11. The van der Waals surface area contributed by atoms with Crippen LogP contribution in [0.1, 0.15) is 27.3 Å². The number of Topliss-reactive ketones (excluding diaryl/α,β-unsaturated/α-hetero) is 1. The lowest BCUT2D eigenvalue weighted by atomic mass is 10.1. The van der Waals surface area contributed by atoms with Crippen LogP contribution in [0.3, 0.4) is 0 Å². The average Bonchev–Trinajstić information content (AvgIpc) is 3.16. The fourth-order valence-electron chi connectivity index (χ4n) is 2.50. The van der Waals surface area contributed by atoms with Crippen molar-refractivity contribution in [2.45, 2.75) is 24.5 Å². The number of methoxy groups -OCH3 is 1. The lowest BCUT2D eigenvalue weighted by Crippen LogP contribution is -2.37. The second-order valence-corrected chi connectivity index (χ2v) is 8.32. The number of thioether (sulfide) groups is 1. The summed E-state index contributed by atoms with van der Waals surface area (Å²) in [5.41, 5.74) is 4.20. The van der Waals surface area contributed by atoms with Gasteiger partial charge in [-0.2, -0.15) is 0 Å². The molecule has 9 heteroatoms. The fourth-order valence-corrected chi connectivity index (χ4v) is 4.53. The molecule has 3 aromatic rings. The lowest BCUT2D eigenvalue weighted by Gasteiger charge is -2.16. The molecule has 7 nitrogen and oxygen atoms in total. The Balaban J connectivity index is 1.82. The molecule has 2 heterocycles. The lowest BCUT2D eigenvalue weighted by molar-refractivity contribution is -0.135. The van der Waals surface area contributed by atoms with Crippen molar-refractivity contribution in [2.75, 3.05) is 12.9 Å². The number of aliphatic hydroxyl groups is 1. The van der Waals surface area contributed by atoms with Gasteiger partial charge in [-0.1, -0.05) is 11.8 Å². The van der Waals surface area contributed by atoms with Gasteiger partial charge in [-0.25, -0.2) is 9.97 Å². The number of fused-ring (bicyclic) bond motifs is 1. The number of rotatable bonds is 7. The van der Waals surface area contributed by atoms with Gasteiger partial charge in [0.05, 0.1) is 23.3 Å². The van der Waals surface area contributed by atoms with E-state index in [1.54, 1.807) is 26.2 Å². The van der Waals surface area contributed by atoms with Crippen molar-refractivity contribution >= 4 is 45.7 Å². The third-order valence-electron chi connectivity index (χ3n) is 4.16. The quantitative estimate of drug-likeness (QED) is 0.345. The van der Waals surface area contributed by atoms with Gasteiger partial charge in [0.25, 0.3) is 5.91 Å². The number of ketones is 1. The molecular formula is C19H19N3O4S2. The predicted molar refractivity (Wildman–Crippen MR) is 109 cm³/mol. The van der Waals surface area contributed by atoms with E-state index in [1.807, 2.05) is 18.2 Å². The van der Waals surface area contributed by atoms with Gasteiger partial charge < -0.3 is 15.6 Å². The Morgan fingerprint density at radius 1 is 1.29 bits per heavy atom. The molecule has 3 rings (SSSR count). The van der Waals surface area contributed by atoms with Crippen molar-refractivity contribution in [2.24, 2.45) is 5.73 Å². The number of hydrogen-bond acceptors (Lipinski definition) is 8. The van der Waals surface area contributed by atoms with Crippen LogP contribution in [0.15, 0.2) is 35.4 Å². The number of carbonyl (C=O) groups is 2. The van der Waals surface area contributed by atoms with E-state index in [1.165, 1.54) is 18.7 Å². The van der Waals surface area contributed by atoms with Crippen molar-refractivity contribution in [3.63, 3.8) is 0 Å². The molecule has 1 aromatic carbocycles. The van der Waals surface area contributed by atoms with Crippen molar-refractivity contribution in [3.05, 3.63) is 45.9 Å². The molecule has 0 saturated carbocycles. The zero-order valence-electron chi connectivity index (χ0n) is 15.6. The molecule has 3 N–H and O–H groups in total. The van der Waals surface area contributed by atoms with E-state index in [4.69, 9.17) is 10.5 Å². The minimum Gasteiger partial charge on any atom is -0.497 e. The Bertz CT molecular complexity index is 1060. The zero-order chi connectivity index (χ0) is 20.5. The molecule has 0 aliphatic carbocycles. The van der Waals surface area contributed by atoms with Gasteiger partial charge in [-0.05, 0) is 44.2 Å². The molecule has 2 aromatic heterocycles. The molecule has 1 amide bonds. The Labute approximate surface area is 169 Å². The van der Waals surface area contributed by atoms with Crippen molar-refractivity contribution in [1.82, 2.24) is 9.97 Å². The Morgan fingerprint density at radius 2 is 2.04 bits per heavy atom. The maximum Gasteiger partial charge on any atom is 0.254 e. The summed E-state index contributed by atoms with van der Waals surface area (Å²) in [7, 11) is 1.59. The third-order valence-corrected chi connectivity index (χ3v) is 6.49. The fraction of sp³-hybridized carbons (Fsp3) is 0.263. The number of aromatic nitrogens is 2. The number of benzene rings is 1. The number of amides is 1. The Kier molecular flexibility index (Phi) is 5.69. The van der Waals surface area contributed by atoms with Gasteiger partial charge in [-0.3, -0.25) is 9.59 Å². The maximum absolute atomic E-state index is 12.6. The molecule has 0 unspecified atom stereocenters. The number of hydrogen-bond donors (Lipinski definition) is 2. The second-order valence-electron chi connectivity index (χ2n) is 6.27. The minimum atomic E-state index is -1.80. The standard InChI is InChI=1S/C19H19N3O4S2/c1-10-21-13-5-4-11(26-3)8-12(13)17(22-10)27-9-14(23)15-6-7-16(28-15)19(2,25)18(20)24/h4-8,25H,9H2,1-3H3,(H2,20,24)/t19-/m0/s1. The number of primary amides is 1. The van der Waals surface area contributed by atoms with Crippen molar-refractivity contribution in [3.8, 4) is 5.75 Å². The van der Waals surface area contributed by atoms with Gasteiger partial charge in [0.15, 0.2) is 11.4 Å². The maximum atomic E-state index is 12.6. The first-order chi connectivity index (χ1) is 13.2. The number of nitrogens with zero attached hydrogens (tertiary/aromatic N) is 2. The predicted octanol–water partition coefficient (Wildman–Crippen LogP) is 2.68. The first-order valence-electron chi connectivity index (χ1n) is 8.33. The normalized spacial score (nSPS) is 13.3. The summed E-state index contributed by atoms with van der Waals surface area (Å²) in [6, 6.07) is 8.66. The van der Waals surface area contributed by atoms with Crippen LogP contribution >= 0.6 is 23.1 Å². The molecule has 0 spiro atoms.